The number of nitrogens with one attached hydrogen (secondary N) is 1. The lowest BCUT2D eigenvalue weighted by atomic mass is 9.83. The topological polar surface area (TPSA) is 58.6 Å². The van der Waals surface area contributed by atoms with E-state index in [9.17, 15) is 9.90 Å². The van der Waals surface area contributed by atoms with Crippen molar-refractivity contribution in [3.8, 4) is 0 Å². The second-order valence-electron chi connectivity index (χ2n) is 6.57. The van der Waals surface area contributed by atoms with Gasteiger partial charge in [-0.3, -0.25) is 0 Å². The quantitative estimate of drug-likeness (QED) is 0.796. The summed E-state index contributed by atoms with van der Waals surface area (Å²) in [5, 5.41) is 18.3. The van der Waals surface area contributed by atoms with Gasteiger partial charge in [-0.25, -0.2) is 4.79 Å². The van der Waals surface area contributed by atoms with Crippen molar-refractivity contribution in [2.45, 2.75) is 49.9 Å². The first kappa shape index (κ1) is 17.6. The molecule has 2 N–H and O–H groups in total. The Morgan fingerprint density at radius 3 is 2.21 bits per heavy atom. The lowest BCUT2D eigenvalue weighted by Crippen LogP contribution is -2.46. The molecule has 4 nitrogen and oxygen atoms in total. The molecule has 2 aromatic rings. The van der Waals surface area contributed by atoms with Crippen LogP contribution in [-0.2, 0) is 15.1 Å². The molecule has 1 saturated carbocycles. The molecule has 0 spiro atoms. The fourth-order valence-corrected chi connectivity index (χ4v) is 4.92. The average Bonchev–Trinajstić information content (AvgIpc) is 3.28. The normalized spacial score (nSPS) is 24.7. The van der Waals surface area contributed by atoms with Crippen LogP contribution in [0.2, 0.25) is 0 Å². The predicted molar refractivity (Wildman–Crippen MR) is 97.4 cm³/mol. The fraction of sp³-hybridized carbons (Fsp3) is 0.500. The molecule has 0 unspecified atom stereocenters. The van der Waals surface area contributed by atoms with Crippen molar-refractivity contribution in [2.24, 2.45) is 0 Å². The van der Waals surface area contributed by atoms with E-state index in [-0.39, 0.29) is 0 Å². The summed E-state index contributed by atoms with van der Waals surface area (Å²) in [4.78, 5) is 14.2. The molecule has 24 heavy (non-hydrogen) atoms. The van der Waals surface area contributed by atoms with E-state index in [4.69, 9.17) is 4.74 Å². The Balaban J connectivity index is 1.83. The first-order chi connectivity index (χ1) is 11.5. The molecule has 2 aromatic heterocycles. The molecular formula is C18H23NO3S2. The highest BCUT2D eigenvalue weighted by Gasteiger charge is 2.47. The smallest absolute Gasteiger partial charge is 0.349 e. The Bertz CT molecular complexity index is 624. The van der Waals surface area contributed by atoms with E-state index >= 15 is 0 Å². The second-order valence-corrected chi connectivity index (χ2v) is 8.46. The van der Waals surface area contributed by atoms with Crippen molar-refractivity contribution in [3.63, 3.8) is 0 Å². The Morgan fingerprint density at radius 1 is 1.25 bits per heavy atom. The van der Waals surface area contributed by atoms with Gasteiger partial charge < -0.3 is 15.2 Å². The molecule has 1 fully saturated rings. The summed E-state index contributed by atoms with van der Waals surface area (Å²) in [7, 11) is 1.96. The Labute approximate surface area is 150 Å². The first-order valence-electron chi connectivity index (χ1n) is 8.19. The van der Waals surface area contributed by atoms with Crippen LogP contribution in [0.3, 0.4) is 0 Å². The number of hydrogen-bond donors (Lipinski definition) is 2. The highest BCUT2D eigenvalue weighted by atomic mass is 32.1. The number of rotatable bonds is 5. The molecule has 0 aromatic carbocycles. The molecule has 0 amide bonds. The third kappa shape index (κ3) is 3.28. The van der Waals surface area contributed by atoms with Gasteiger partial charge in [-0.2, -0.15) is 0 Å². The highest BCUT2D eigenvalue weighted by Crippen LogP contribution is 2.40. The molecule has 1 aliphatic rings. The van der Waals surface area contributed by atoms with Crippen LogP contribution in [0.1, 0.15) is 42.4 Å². The Hall–Kier alpha value is -1.21. The summed E-state index contributed by atoms with van der Waals surface area (Å²) in [6.07, 6.45) is 3.54. The molecule has 0 saturated heterocycles. The molecule has 0 atom stereocenters. The third-order valence-corrected chi connectivity index (χ3v) is 6.80. The van der Waals surface area contributed by atoms with Crippen molar-refractivity contribution < 1.29 is 14.6 Å². The standard InChI is InChI=1S/C18H23NO3S2/c1-17(9-7-13(19-2)8-10-17)22-16(20)18(21,14-5-3-11-23-14)15-6-4-12-24-15/h3-6,11-13,19,21H,7-10H2,1-2H3/t13-,17-. The maximum atomic E-state index is 13.0. The number of carbonyl (C=O) groups excluding carboxylic acids is 1. The van der Waals surface area contributed by atoms with Crippen LogP contribution in [0.15, 0.2) is 35.0 Å². The van der Waals surface area contributed by atoms with Crippen LogP contribution in [0, 0.1) is 0 Å². The van der Waals surface area contributed by atoms with Crippen LogP contribution in [0.25, 0.3) is 0 Å². The molecular weight excluding hydrogens is 342 g/mol. The highest BCUT2D eigenvalue weighted by molar-refractivity contribution is 7.12. The minimum Gasteiger partial charge on any atom is -0.457 e. The Morgan fingerprint density at radius 2 is 1.79 bits per heavy atom. The fourth-order valence-electron chi connectivity index (χ4n) is 3.21. The molecule has 0 aliphatic heterocycles. The van der Waals surface area contributed by atoms with E-state index in [1.807, 2.05) is 36.9 Å². The maximum Gasteiger partial charge on any atom is 0.349 e. The van der Waals surface area contributed by atoms with E-state index in [0.717, 1.165) is 25.7 Å². The number of thiophene rings is 2. The lowest BCUT2D eigenvalue weighted by Gasteiger charge is -2.38. The zero-order valence-corrected chi connectivity index (χ0v) is 15.6. The van der Waals surface area contributed by atoms with E-state index < -0.39 is 17.2 Å². The molecule has 0 radical (unpaired) electrons. The van der Waals surface area contributed by atoms with Gasteiger partial charge >= 0.3 is 5.97 Å². The summed E-state index contributed by atoms with van der Waals surface area (Å²) in [6.45, 7) is 1.97. The van der Waals surface area contributed by atoms with Crippen molar-refractivity contribution >= 4 is 28.6 Å². The lowest BCUT2D eigenvalue weighted by molar-refractivity contribution is -0.179. The van der Waals surface area contributed by atoms with Crippen molar-refractivity contribution in [1.29, 1.82) is 0 Å². The van der Waals surface area contributed by atoms with Gasteiger partial charge in [-0.15, -0.1) is 22.7 Å². The number of hydrogen-bond acceptors (Lipinski definition) is 6. The van der Waals surface area contributed by atoms with Crippen LogP contribution < -0.4 is 5.32 Å². The van der Waals surface area contributed by atoms with E-state index in [1.54, 1.807) is 12.1 Å². The van der Waals surface area contributed by atoms with Gasteiger partial charge in [0, 0.05) is 6.04 Å². The van der Waals surface area contributed by atoms with Crippen molar-refractivity contribution in [1.82, 2.24) is 5.32 Å². The summed E-state index contributed by atoms with van der Waals surface area (Å²) in [6, 6.07) is 7.72. The summed E-state index contributed by atoms with van der Waals surface area (Å²) in [5.74, 6) is -0.571. The number of aliphatic hydroxyl groups is 1. The second kappa shape index (κ2) is 6.96. The minimum absolute atomic E-state index is 0.477. The van der Waals surface area contributed by atoms with Gasteiger partial charge in [0.15, 0.2) is 0 Å². The van der Waals surface area contributed by atoms with Crippen LogP contribution in [-0.4, -0.2) is 29.8 Å². The van der Waals surface area contributed by atoms with E-state index in [0.29, 0.717) is 15.8 Å². The van der Waals surface area contributed by atoms with Crippen LogP contribution in [0.4, 0.5) is 0 Å². The minimum atomic E-state index is -1.72. The number of esters is 1. The maximum absolute atomic E-state index is 13.0. The largest absolute Gasteiger partial charge is 0.457 e. The van der Waals surface area contributed by atoms with Gasteiger partial charge in [-0.1, -0.05) is 12.1 Å². The number of carbonyl (C=O) groups is 1. The zero-order valence-electron chi connectivity index (χ0n) is 14.0. The van der Waals surface area contributed by atoms with Gasteiger partial charge in [-0.05, 0) is 62.5 Å². The summed E-state index contributed by atoms with van der Waals surface area (Å²) < 4.78 is 5.88. The molecule has 0 bridgehead atoms. The van der Waals surface area contributed by atoms with Gasteiger partial charge in [0.1, 0.15) is 5.60 Å². The van der Waals surface area contributed by atoms with E-state index in [2.05, 4.69) is 5.32 Å². The molecule has 2 heterocycles. The van der Waals surface area contributed by atoms with Crippen LogP contribution in [0.5, 0.6) is 0 Å². The Kier molecular flexibility index (Phi) is 5.11. The van der Waals surface area contributed by atoms with E-state index in [1.165, 1.54) is 22.7 Å². The SMILES string of the molecule is CN[C@H]1CC[C@](C)(OC(=O)C(O)(c2cccs2)c2cccs2)CC1. The van der Waals surface area contributed by atoms with Gasteiger partial charge in [0.05, 0.1) is 9.75 Å². The predicted octanol–water partition coefficient (Wildman–Crippen LogP) is 3.51. The molecule has 6 heteroatoms. The van der Waals surface area contributed by atoms with Crippen molar-refractivity contribution in [2.75, 3.05) is 7.05 Å². The van der Waals surface area contributed by atoms with Crippen molar-refractivity contribution in [3.05, 3.63) is 44.8 Å². The first-order valence-corrected chi connectivity index (χ1v) is 9.95. The summed E-state index contributed by atoms with van der Waals surface area (Å²) >= 11 is 2.73. The van der Waals surface area contributed by atoms with Crippen LogP contribution >= 0.6 is 22.7 Å². The summed E-state index contributed by atoms with van der Waals surface area (Å²) in [5.41, 5.74) is -2.24. The molecule has 3 rings (SSSR count). The third-order valence-electron chi connectivity index (χ3n) is 4.84. The number of ether oxygens (including phenoxy) is 1. The van der Waals surface area contributed by atoms with Gasteiger partial charge in [0.2, 0.25) is 5.60 Å². The molecule has 1 aliphatic carbocycles. The average molecular weight is 366 g/mol. The molecule has 130 valence electrons. The zero-order chi connectivity index (χ0) is 17.2. The van der Waals surface area contributed by atoms with Gasteiger partial charge in [0.25, 0.3) is 0 Å². The monoisotopic (exact) mass is 365 g/mol.